The number of hydrogen-bond donors (Lipinski definition) is 2. The first-order chi connectivity index (χ1) is 6.27. The van der Waals surface area contributed by atoms with E-state index in [1.54, 1.807) is 6.20 Å². The molecule has 0 aliphatic heterocycles. The highest BCUT2D eigenvalue weighted by molar-refractivity contribution is 5.61. The van der Waals surface area contributed by atoms with Gasteiger partial charge >= 0.3 is 0 Å². The van der Waals surface area contributed by atoms with E-state index in [-0.39, 0.29) is 0 Å². The van der Waals surface area contributed by atoms with Gasteiger partial charge in [0.2, 0.25) is 0 Å². The van der Waals surface area contributed by atoms with Gasteiger partial charge in [0, 0.05) is 5.56 Å². The van der Waals surface area contributed by atoms with Gasteiger partial charge in [0.25, 0.3) is 0 Å². The molecule has 3 heteroatoms. The van der Waals surface area contributed by atoms with Gasteiger partial charge in [0.15, 0.2) is 0 Å². The number of nitrogens with one attached hydrogen (secondary N) is 1. The number of aromatic nitrogens is 2. The van der Waals surface area contributed by atoms with Gasteiger partial charge in [-0.2, -0.15) is 0 Å². The molecule has 0 aliphatic carbocycles. The Morgan fingerprint density at radius 3 is 2.69 bits per heavy atom. The Balaban J connectivity index is 2.52. The summed E-state index contributed by atoms with van der Waals surface area (Å²) in [5.41, 5.74) is 7.84. The van der Waals surface area contributed by atoms with Crippen molar-refractivity contribution in [3.63, 3.8) is 0 Å². The number of imidazole rings is 1. The molecule has 3 nitrogen and oxygen atoms in total. The number of aryl methyl sites for hydroxylation is 1. The molecule has 13 heavy (non-hydrogen) atoms. The highest BCUT2D eigenvalue weighted by Crippen LogP contribution is 2.19. The molecule has 0 saturated heterocycles. The lowest BCUT2D eigenvalue weighted by atomic mass is 10.1. The van der Waals surface area contributed by atoms with E-state index in [0.717, 1.165) is 11.4 Å². The second-order valence-electron chi connectivity index (χ2n) is 3.00. The quantitative estimate of drug-likeness (QED) is 0.692. The normalized spacial score (nSPS) is 10.2. The van der Waals surface area contributed by atoms with Crippen LogP contribution < -0.4 is 5.73 Å². The summed E-state index contributed by atoms with van der Waals surface area (Å²) in [6.07, 6.45) is 1.63. The van der Waals surface area contributed by atoms with Crippen molar-refractivity contribution in [1.82, 2.24) is 9.97 Å². The summed E-state index contributed by atoms with van der Waals surface area (Å²) in [5, 5.41) is 0. The molecule has 1 heterocycles. The highest BCUT2D eigenvalue weighted by atomic mass is 15.0. The number of rotatable bonds is 1. The molecular weight excluding hydrogens is 162 g/mol. The minimum Gasteiger partial charge on any atom is -0.384 e. The van der Waals surface area contributed by atoms with Crippen molar-refractivity contribution in [2.75, 3.05) is 5.73 Å². The summed E-state index contributed by atoms with van der Waals surface area (Å²) in [4.78, 5) is 7.17. The molecule has 1 aromatic heterocycles. The van der Waals surface area contributed by atoms with Crippen LogP contribution in [0.4, 0.5) is 5.82 Å². The number of nitrogens with zero attached hydrogens (tertiary/aromatic N) is 1. The third-order valence-corrected chi connectivity index (χ3v) is 2.00. The van der Waals surface area contributed by atoms with Gasteiger partial charge in [0.1, 0.15) is 11.6 Å². The van der Waals surface area contributed by atoms with Crippen molar-refractivity contribution in [2.24, 2.45) is 0 Å². The van der Waals surface area contributed by atoms with E-state index in [9.17, 15) is 0 Å². The predicted molar refractivity (Wildman–Crippen MR) is 53.2 cm³/mol. The van der Waals surface area contributed by atoms with E-state index in [1.165, 1.54) is 5.56 Å². The van der Waals surface area contributed by atoms with E-state index in [1.807, 2.05) is 31.2 Å². The average molecular weight is 173 g/mol. The van der Waals surface area contributed by atoms with Gasteiger partial charge in [-0.1, -0.05) is 24.3 Å². The SMILES string of the molecule is Cc1ccccc1-c1ncc(N)[nH]1. The molecule has 0 amide bonds. The van der Waals surface area contributed by atoms with Crippen LogP contribution in [-0.4, -0.2) is 9.97 Å². The Morgan fingerprint density at radius 2 is 2.08 bits per heavy atom. The number of nitrogen functional groups attached to an aromatic ring is 1. The molecule has 3 N–H and O–H groups in total. The number of nitrogens with two attached hydrogens (primary N) is 1. The zero-order valence-electron chi connectivity index (χ0n) is 7.41. The van der Waals surface area contributed by atoms with Gasteiger partial charge in [-0.3, -0.25) is 0 Å². The highest BCUT2D eigenvalue weighted by Gasteiger charge is 2.03. The molecular formula is C10H11N3. The van der Waals surface area contributed by atoms with Gasteiger partial charge in [-0.05, 0) is 12.5 Å². The minimum atomic E-state index is 0.596. The largest absolute Gasteiger partial charge is 0.384 e. The lowest BCUT2D eigenvalue weighted by molar-refractivity contribution is 1.29. The molecule has 2 aromatic rings. The van der Waals surface area contributed by atoms with Crippen molar-refractivity contribution in [3.8, 4) is 11.4 Å². The van der Waals surface area contributed by atoms with Crippen LogP contribution in [-0.2, 0) is 0 Å². The smallest absolute Gasteiger partial charge is 0.139 e. The van der Waals surface area contributed by atoms with Crippen LogP contribution in [0.5, 0.6) is 0 Å². The van der Waals surface area contributed by atoms with E-state index in [0.29, 0.717) is 5.82 Å². The Bertz CT molecular complexity index is 418. The average Bonchev–Trinajstić information content (AvgIpc) is 2.53. The lowest BCUT2D eigenvalue weighted by Crippen LogP contribution is -1.86. The van der Waals surface area contributed by atoms with Gasteiger partial charge in [-0.15, -0.1) is 0 Å². The van der Waals surface area contributed by atoms with Crippen LogP contribution in [0.3, 0.4) is 0 Å². The number of H-pyrrole nitrogens is 1. The van der Waals surface area contributed by atoms with Crippen LogP contribution >= 0.6 is 0 Å². The molecule has 0 radical (unpaired) electrons. The Kier molecular flexibility index (Phi) is 1.77. The summed E-state index contributed by atoms with van der Waals surface area (Å²) in [5.74, 6) is 1.42. The van der Waals surface area contributed by atoms with Crippen LogP contribution in [0.1, 0.15) is 5.56 Å². The van der Waals surface area contributed by atoms with E-state index in [4.69, 9.17) is 5.73 Å². The third-order valence-electron chi connectivity index (χ3n) is 2.00. The van der Waals surface area contributed by atoms with Gasteiger partial charge in [0.05, 0.1) is 6.20 Å². The summed E-state index contributed by atoms with van der Waals surface area (Å²) in [7, 11) is 0. The maximum atomic E-state index is 5.55. The number of aromatic amines is 1. The first kappa shape index (κ1) is 7.86. The van der Waals surface area contributed by atoms with Crippen molar-refractivity contribution >= 4 is 5.82 Å². The molecule has 0 aliphatic rings. The summed E-state index contributed by atoms with van der Waals surface area (Å²) in [6.45, 7) is 2.05. The fraction of sp³-hybridized carbons (Fsp3) is 0.100. The summed E-state index contributed by atoms with van der Waals surface area (Å²) >= 11 is 0. The fourth-order valence-electron chi connectivity index (χ4n) is 1.31. The van der Waals surface area contributed by atoms with Gasteiger partial charge < -0.3 is 10.7 Å². The molecule has 0 saturated carbocycles. The van der Waals surface area contributed by atoms with Crippen LogP contribution in [0, 0.1) is 6.92 Å². The maximum absolute atomic E-state index is 5.55. The fourth-order valence-corrected chi connectivity index (χ4v) is 1.31. The monoisotopic (exact) mass is 173 g/mol. The Labute approximate surface area is 76.6 Å². The Morgan fingerprint density at radius 1 is 1.31 bits per heavy atom. The maximum Gasteiger partial charge on any atom is 0.139 e. The van der Waals surface area contributed by atoms with Crippen molar-refractivity contribution in [3.05, 3.63) is 36.0 Å². The van der Waals surface area contributed by atoms with Crippen LogP contribution in [0.15, 0.2) is 30.5 Å². The second-order valence-corrected chi connectivity index (χ2v) is 3.00. The lowest BCUT2D eigenvalue weighted by Gasteiger charge is -2.00. The molecule has 2 rings (SSSR count). The molecule has 0 bridgehead atoms. The van der Waals surface area contributed by atoms with Crippen molar-refractivity contribution in [1.29, 1.82) is 0 Å². The molecule has 1 aromatic carbocycles. The third kappa shape index (κ3) is 1.40. The number of hydrogen-bond acceptors (Lipinski definition) is 2. The number of benzene rings is 1. The minimum absolute atomic E-state index is 0.596. The topological polar surface area (TPSA) is 54.7 Å². The standard InChI is InChI=1S/C10H11N3/c1-7-4-2-3-5-8(7)10-12-6-9(11)13-10/h2-6H,11H2,1H3,(H,12,13). The van der Waals surface area contributed by atoms with Crippen LogP contribution in [0.25, 0.3) is 11.4 Å². The first-order valence-electron chi connectivity index (χ1n) is 4.14. The predicted octanol–water partition coefficient (Wildman–Crippen LogP) is 1.97. The molecule has 66 valence electrons. The number of anilines is 1. The molecule has 0 unspecified atom stereocenters. The van der Waals surface area contributed by atoms with Gasteiger partial charge in [-0.25, -0.2) is 4.98 Å². The van der Waals surface area contributed by atoms with E-state index in [2.05, 4.69) is 9.97 Å². The molecule has 0 atom stereocenters. The van der Waals surface area contributed by atoms with Crippen LogP contribution in [0.2, 0.25) is 0 Å². The molecule has 0 spiro atoms. The zero-order chi connectivity index (χ0) is 9.26. The summed E-state index contributed by atoms with van der Waals surface area (Å²) in [6, 6.07) is 8.06. The van der Waals surface area contributed by atoms with Crippen molar-refractivity contribution in [2.45, 2.75) is 6.92 Å². The second kappa shape index (κ2) is 2.94. The molecule has 0 fully saturated rings. The zero-order valence-corrected chi connectivity index (χ0v) is 7.41. The summed E-state index contributed by atoms with van der Waals surface area (Å²) < 4.78 is 0. The first-order valence-corrected chi connectivity index (χ1v) is 4.14. The van der Waals surface area contributed by atoms with E-state index >= 15 is 0 Å². The van der Waals surface area contributed by atoms with E-state index < -0.39 is 0 Å². The van der Waals surface area contributed by atoms with Crippen molar-refractivity contribution < 1.29 is 0 Å². The Hall–Kier alpha value is -1.77.